The van der Waals surface area contributed by atoms with Crippen LogP contribution in [0.2, 0.25) is 0 Å². The highest BCUT2D eigenvalue weighted by molar-refractivity contribution is 5.62. The Morgan fingerprint density at radius 3 is 2.36 bits per heavy atom. The Labute approximate surface area is 67.8 Å². The van der Waals surface area contributed by atoms with Gasteiger partial charge in [0.15, 0.2) is 0 Å². The smallest absolute Gasteiger partial charge is 0.0367 e. The van der Waals surface area contributed by atoms with Gasteiger partial charge in [-0.3, -0.25) is 0 Å². The van der Waals surface area contributed by atoms with E-state index in [-0.39, 0.29) is 0 Å². The zero-order valence-corrected chi connectivity index (χ0v) is 6.96. The number of hydrogen-bond acceptors (Lipinski definition) is 1. The van der Waals surface area contributed by atoms with Crippen molar-refractivity contribution in [2.45, 2.75) is 6.92 Å². The fraction of sp³-hybridized carbons (Fsp3) is 0.200. The maximum Gasteiger partial charge on any atom is 0.0367 e. The van der Waals surface area contributed by atoms with Crippen molar-refractivity contribution in [3.63, 3.8) is 0 Å². The van der Waals surface area contributed by atoms with Gasteiger partial charge in [0.05, 0.1) is 0 Å². The van der Waals surface area contributed by atoms with Gasteiger partial charge in [0.25, 0.3) is 0 Å². The lowest BCUT2D eigenvalue weighted by Crippen LogP contribution is -2.03. The molecule has 11 heavy (non-hydrogen) atoms. The van der Waals surface area contributed by atoms with E-state index in [1.807, 2.05) is 32.2 Å². The predicted octanol–water partition coefficient (Wildman–Crippen LogP) is 2.27. The van der Waals surface area contributed by atoms with Crippen LogP contribution in [-0.2, 0) is 0 Å². The highest BCUT2D eigenvalue weighted by atomic mass is 14.8. The van der Waals surface area contributed by atoms with Crippen LogP contribution >= 0.6 is 0 Å². The number of hydrogen-bond donors (Lipinski definition) is 1. The van der Waals surface area contributed by atoms with Gasteiger partial charge >= 0.3 is 0 Å². The lowest BCUT2D eigenvalue weighted by Gasteiger charge is -2.04. The summed E-state index contributed by atoms with van der Waals surface area (Å²) < 4.78 is 0. The summed E-state index contributed by atoms with van der Waals surface area (Å²) in [6, 6.07) is 10.3. The van der Waals surface area contributed by atoms with Crippen LogP contribution < -0.4 is 5.32 Å². The van der Waals surface area contributed by atoms with Crippen molar-refractivity contribution in [3.8, 4) is 0 Å². The number of rotatable bonds is 2. The summed E-state index contributed by atoms with van der Waals surface area (Å²) in [6.45, 7) is 2.03. The minimum absolute atomic E-state index is 1.17. The Hall–Kier alpha value is -1.24. The van der Waals surface area contributed by atoms with Crippen LogP contribution in [0.25, 0.3) is 5.70 Å². The molecule has 0 aliphatic carbocycles. The van der Waals surface area contributed by atoms with Gasteiger partial charge in [0.1, 0.15) is 0 Å². The molecule has 1 aromatic carbocycles. The molecule has 0 aliphatic rings. The molecule has 0 bridgehead atoms. The molecule has 1 aromatic rings. The topological polar surface area (TPSA) is 12.0 Å². The fourth-order valence-corrected chi connectivity index (χ4v) is 1.07. The van der Waals surface area contributed by atoms with Crippen molar-refractivity contribution in [1.29, 1.82) is 0 Å². The summed E-state index contributed by atoms with van der Waals surface area (Å²) >= 11 is 0. The minimum Gasteiger partial charge on any atom is -0.388 e. The second-order valence-electron chi connectivity index (χ2n) is 2.32. The first-order valence-corrected chi connectivity index (χ1v) is 3.78. The SMILES string of the molecule is C/C=C(\NC)c1ccccc1. The molecule has 1 rings (SSSR count). The van der Waals surface area contributed by atoms with Crippen molar-refractivity contribution in [3.05, 3.63) is 42.0 Å². The Morgan fingerprint density at radius 1 is 1.27 bits per heavy atom. The summed E-state index contributed by atoms with van der Waals surface area (Å²) in [4.78, 5) is 0. The lowest BCUT2D eigenvalue weighted by atomic mass is 10.1. The highest BCUT2D eigenvalue weighted by Crippen LogP contribution is 2.08. The van der Waals surface area contributed by atoms with E-state index < -0.39 is 0 Å². The molecule has 0 heterocycles. The first-order chi connectivity index (χ1) is 5.38. The third-order valence-electron chi connectivity index (χ3n) is 1.64. The molecule has 1 heteroatoms. The second kappa shape index (κ2) is 3.81. The summed E-state index contributed by atoms with van der Waals surface area (Å²) in [5.41, 5.74) is 2.41. The number of nitrogens with one attached hydrogen (secondary N) is 1. The third-order valence-corrected chi connectivity index (χ3v) is 1.64. The van der Waals surface area contributed by atoms with Crippen LogP contribution in [0.15, 0.2) is 36.4 Å². The van der Waals surface area contributed by atoms with E-state index in [2.05, 4.69) is 23.5 Å². The third kappa shape index (κ3) is 1.84. The molecule has 0 saturated carbocycles. The number of benzene rings is 1. The molecule has 0 radical (unpaired) electrons. The summed E-state index contributed by atoms with van der Waals surface area (Å²) in [5, 5.41) is 3.13. The maximum absolute atomic E-state index is 3.13. The Balaban J connectivity index is 2.92. The quantitative estimate of drug-likeness (QED) is 0.676. The largest absolute Gasteiger partial charge is 0.388 e. The summed E-state index contributed by atoms with van der Waals surface area (Å²) in [5.74, 6) is 0. The molecule has 0 saturated heterocycles. The predicted molar refractivity (Wildman–Crippen MR) is 49.2 cm³/mol. The molecule has 0 atom stereocenters. The van der Waals surface area contributed by atoms with Gasteiger partial charge in [-0.05, 0) is 12.5 Å². The molecule has 0 spiro atoms. The minimum atomic E-state index is 1.17. The highest BCUT2D eigenvalue weighted by Gasteiger charge is 1.93. The molecule has 0 unspecified atom stereocenters. The average Bonchev–Trinajstić information content (AvgIpc) is 2.09. The first kappa shape index (κ1) is 7.86. The van der Waals surface area contributed by atoms with Crippen molar-refractivity contribution >= 4 is 5.70 Å². The Morgan fingerprint density at radius 2 is 1.91 bits per heavy atom. The molecular weight excluding hydrogens is 134 g/mol. The van der Waals surface area contributed by atoms with E-state index in [1.54, 1.807) is 0 Å². The normalized spacial score (nSPS) is 11.3. The zero-order valence-electron chi connectivity index (χ0n) is 6.96. The molecule has 0 fully saturated rings. The lowest BCUT2D eigenvalue weighted by molar-refractivity contribution is 1.12. The average molecular weight is 147 g/mol. The van der Waals surface area contributed by atoms with E-state index in [0.29, 0.717) is 0 Å². The van der Waals surface area contributed by atoms with Gasteiger partial charge in [-0.15, -0.1) is 0 Å². The van der Waals surface area contributed by atoms with Crippen LogP contribution in [0.1, 0.15) is 12.5 Å². The molecule has 0 amide bonds. The zero-order chi connectivity index (χ0) is 8.10. The maximum atomic E-state index is 3.13. The van der Waals surface area contributed by atoms with Gasteiger partial charge in [-0.25, -0.2) is 0 Å². The summed E-state index contributed by atoms with van der Waals surface area (Å²) in [6.07, 6.45) is 2.06. The van der Waals surface area contributed by atoms with Crippen molar-refractivity contribution in [2.24, 2.45) is 0 Å². The molecule has 1 nitrogen and oxygen atoms in total. The standard InChI is InChI=1S/C10H13N/c1-3-10(11-2)9-7-5-4-6-8-9/h3-8,11H,1-2H3/b10-3-. The van der Waals surface area contributed by atoms with Crippen LogP contribution in [0.4, 0.5) is 0 Å². The van der Waals surface area contributed by atoms with E-state index in [0.717, 1.165) is 0 Å². The number of allylic oxidation sites excluding steroid dienone is 1. The van der Waals surface area contributed by atoms with E-state index in [1.165, 1.54) is 11.3 Å². The van der Waals surface area contributed by atoms with Crippen molar-refractivity contribution in [1.82, 2.24) is 5.32 Å². The van der Waals surface area contributed by atoms with Gasteiger partial charge < -0.3 is 5.32 Å². The van der Waals surface area contributed by atoms with Gasteiger partial charge in [0, 0.05) is 12.7 Å². The molecule has 0 aromatic heterocycles. The van der Waals surface area contributed by atoms with E-state index in [4.69, 9.17) is 0 Å². The van der Waals surface area contributed by atoms with Crippen LogP contribution in [0.5, 0.6) is 0 Å². The Kier molecular flexibility index (Phi) is 2.73. The van der Waals surface area contributed by atoms with E-state index in [9.17, 15) is 0 Å². The molecule has 0 aliphatic heterocycles. The van der Waals surface area contributed by atoms with Crippen LogP contribution in [0, 0.1) is 0 Å². The van der Waals surface area contributed by atoms with Gasteiger partial charge in [-0.1, -0.05) is 36.4 Å². The van der Waals surface area contributed by atoms with E-state index >= 15 is 0 Å². The van der Waals surface area contributed by atoms with Crippen molar-refractivity contribution in [2.75, 3.05) is 7.05 Å². The molecule has 1 N–H and O–H groups in total. The van der Waals surface area contributed by atoms with Crippen LogP contribution in [0.3, 0.4) is 0 Å². The monoisotopic (exact) mass is 147 g/mol. The molecular formula is C10H13N. The summed E-state index contributed by atoms with van der Waals surface area (Å²) in [7, 11) is 1.93. The Bertz CT molecular complexity index is 236. The van der Waals surface area contributed by atoms with Gasteiger partial charge in [0.2, 0.25) is 0 Å². The van der Waals surface area contributed by atoms with Crippen LogP contribution in [-0.4, -0.2) is 7.05 Å². The molecule has 58 valence electrons. The first-order valence-electron chi connectivity index (χ1n) is 3.78. The fourth-order valence-electron chi connectivity index (χ4n) is 1.07. The second-order valence-corrected chi connectivity index (χ2v) is 2.32. The van der Waals surface area contributed by atoms with Gasteiger partial charge in [-0.2, -0.15) is 0 Å². The van der Waals surface area contributed by atoms with Crippen molar-refractivity contribution < 1.29 is 0 Å².